The van der Waals surface area contributed by atoms with Crippen LogP contribution in [0.2, 0.25) is 0 Å². The highest BCUT2D eigenvalue weighted by atomic mass is 16.1. The normalized spacial score (nSPS) is 11.2. The number of rotatable bonds is 5. The van der Waals surface area contributed by atoms with Crippen LogP contribution in [-0.2, 0) is 19.5 Å². The van der Waals surface area contributed by atoms with Crippen molar-refractivity contribution >= 4 is 21.8 Å². The summed E-state index contributed by atoms with van der Waals surface area (Å²) in [6, 6.07) is 19.1. The van der Waals surface area contributed by atoms with Gasteiger partial charge in [-0.1, -0.05) is 36.4 Å². The van der Waals surface area contributed by atoms with Crippen molar-refractivity contribution in [2.24, 2.45) is 0 Å². The van der Waals surface area contributed by atoms with E-state index in [1.807, 2.05) is 54.6 Å². The second-order valence-corrected chi connectivity index (χ2v) is 7.51. The number of hydrogen-bond acceptors (Lipinski definition) is 4. The summed E-state index contributed by atoms with van der Waals surface area (Å²) in [4.78, 5) is 34.8. The van der Waals surface area contributed by atoms with Crippen molar-refractivity contribution in [2.45, 2.75) is 19.5 Å². The maximum atomic E-state index is 13.1. The van der Waals surface area contributed by atoms with Crippen LogP contribution >= 0.6 is 0 Å². The molecule has 0 saturated heterocycles. The van der Waals surface area contributed by atoms with Gasteiger partial charge in [-0.25, -0.2) is 4.98 Å². The summed E-state index contributed by atoms with van der Waals surface area (Å²) in [5, 5.41) is 0.899. The number of aromatic nitrogens is 4. The van der Waals surface area contributed by atoms with Gasteiger partial charge in [0.05, 0.1) is 28.4 Å². The van der Waals surface area contributed by atoms with E-state index in [1.54, 1.807) is 40.0 Å². The molecule has 6 nitrogen and oxygen atoms in total. The lowest BCUT2D eigenvalue weighted by atomic mass is 10.1. The zero-order chi connectivity index (χ0) is 21.2. The Morgan fingerprint density at radius 3 is 2.13 bits per heavy atom. The van der Waals surface area contributed by atoms with Crippen molar-refractivity contribution in [3.05, 3.63) is 117 Å². The van der Waals surface area contributed by atoms with Crippen LogP contribution in [-0.4, -0.2) is 19.1 Å². The van der Waals surface area contributed by atoms with Gasteiger partial charge in [0, 0.05) is 31.3 Å². The molecule has 0 amide bonds. The Kier molecular flexibility index (Phi) is 4.88. The Labute approximate surface area is 178 Å². The summed E-state index contributed by atoms with van der Waals surface area (Å²) in [6.45, 7) is 0.980. The first-order chi connectivity index (χ1) is 15.2. The summed E-state index contributed by atoms with van der Waals surface area (Å²) in [5.41, 5.74) is 2.98. The lowest BCUT2D eigenvalue weighted by molar-refractivity contribution is 0.675. The van der Waals surface area contributed by atoms with Crippen LogP contribution in [0.25, 0.3) is 21.8 Å². The van der Waals surface area contributed by atoms with E-state index in [4.69, 9.17) is 0 Å². The molecule has 0 unspecified atom stereocenters. The molecule has 0 N–H and O–H groups in total. The molecule has 0 aliphatic carbocycles. The molecular formula is C25H20N4O2. The van der Waals surface area contributed by atoms with Gasteiger partial charge in [0.25, 0.3) is 11.1 Å². The summed E-state index contributed by atoms with van der Waals surface area (Å²) < 4.78 is 3.30. The number of aryl methyl sites for hydroxylation is 2. The van der Waals surface area contributed by atoms with Crippen molar-refractivity contribution in [1.29, 1.82) is 0 Å². The van der Waals surface area contributed by atoms with E-state index in [0.717, 1.165) is 12.0 Å². The van der Waals surface area contributed by atoms with Gasteiger partial charge < -0.3 is 9.13 Å². The average molecular weight is 408 g/mol. The highest BCUT2D eigenvalue weighted by Crippen LogP contribution is 2.15. The summed E-state index contributed by atoms with van der Waals surface area (Å²) >= 11 is 0. The molecule has 0 radical (unpaired) electrons. The second kappa shape index (κ2) is 7.99. The molecule has 0 bridgehead atoms. The predicted octanol–water partition coefficient (Wildman–Crippen LogP) is 3.40. The molecule has 0 saturated carbocycles. The molecule has 6 heteroatoms. The Morgan fingerprint density at radius 2 is 1.42 bits per heavy atom. The fourth-order valence-electron chi connectivity index (χ4n) is 3.79. The van der Waals surface area contributed by atoms with Crippen LogP contribution in [0.1, 0.15) is 11.1 Å². The van der Waals surface area contributed by atoms with Crippen LogP contribution in [0.4, 0.5) is 0 Å². The highest BCUT2D eigenvalue weighted by molar-refractivity contribution is 5.91. The third-order valence-corrected chi connectivity index (χ3v) is 5.45. The van der Waals surface area contributed by atoms with E-state index in [2.05, 4.69) is 9.97 Å². The molecule has 5 rings (SSSR count). The van der Waals surface area contributed by atoms with Crippen molar-refractivity contribution in [3.8, 4) is 0 Å². The average Bonchev–Trinajstić information content (AvgIpc) is 2.81. The quantitative estimate of drug-likeness (QED) is 0.418. The highest BCUT2D eigenvalue weighted by Gasteiger charge is 2.10. The zero-order valence-corrected chi connectivity index (χ0v) is 16.8. The smallest absolute Gasteiger partial charge is 0.260 e. The standard InChI is InChI=1S/C25H20N4O2/c30-24-20-15-21-23(10-14-29(25(21)31)17-19-7-4-11-26-16-19)27-22(20)9-13-28(24)12-8-18-5-2-1-3-6-18/h1-7,9-11,13-16H,8,12,17H2. The van der Waals surface area contributed by atoms with Gasteiger partial charge in [0.15, 0.2) is 0 Å². The molecule has 0 aliphatic heterocycles. The molecule has 0 fully saturated rings. The SMILES string of the molecule is O=c1c2cc3c(=O)n(Cc4cccnc4)ccc3nc2ccn1CCc1ccccc1. The van der Waals surface area contributed by atoms with Crippen molar-refractivity contribution in [3.63, 3.8) is 0 Å². The van der Waals surface area contributed by atoms with Crippen LogP contribution in [0.5, 0.6) is 0 Å². The molecular weight excluding hydrogens is 388 g/mol. The second-order valence-electron chi connectivity index (χ2n) is 7.51. The molecule has 5 aromatic rings. The van der Waals surface area contributed by atoms with Crippen LogP contribution < -0.4 is 11.1 Å². The topological polar surface area (TPSA) is 69.8 Å². The summed E-state index contributed by atoms with van der Waals surface area (Å²) in [7, 11) is 0. The zero-order valence-electron chi connectivity index (χ0n) is 16.8. The summed E-state index contributed by atoms with van der Waals surface area (Å²) in [6.07, 6.45) is 7.70. The Morgan fingerprint density at radius 1 is 0.742 bits per heavy atom. The molecule has 0 atom stereocenters. The maximum Gasteiger partial charge on any atom is 0.260 e. The third kappa shape index (κ3) is 3.75. The van der Waals surface area contributed by atoms with Crippen LogP contribution in [0.3, 0.4) is 0 Å². The van der Waals surface area contributed by atoms with Crippen molar-refractivity contribution in [2.75, 3.05) is 0 Å². The van der Waals surface area contributed by atoms with E-state index in [-0.39, 0.29) is 11.1 Å². The lowest BCUT2D eigenvalue weighted by Gasteiger charge is -2.10. The number of benzene rings is 1. The largest absolute Gasteiger partial charge is 0.315 e. The first kappa shape index (κ1) is 18.9. The fourth-order valence-corrected chi connectivity index (χ4v) is 3.79. The first-order valence-corrected chi connectivity index (χ1v) is 10.2. The van der Waals surface area contributed by atoms with E-state index >= 15 is 0 Å². The monoisotopic (exact) mass is 408 g/mol. The van der Waals surface area contributed by atoms with Crippen molar-refractivity contribution in [1.82, 2.24) is 19.1 Å². The van der Waals surface area contributed by atoms with E-state index in [1.165, 1.54) is 5.56 Å². The third-order valence-electron chi connectivity index (χ3n) is 5.45. The minimum absolute atomic E-state index is 0.134. The van der Waals surface area contributed by atoms with Gasteiger partial charge in [-0.05, 0) is 41.8 Å². The number of nitrogens with zero attached hydrogens (tertiary/aromatic N) is 4. The maximum absolute atomic E-state index is 13.1. The molecule has 31 heavy (non-hydrogen) atoms. The van der Waals surface area contributed by atoms with E-state index < -0.39 is 0 Å². The van der Waals surface area contributed by atoms with Gasteiger partial charge >= 0.3 is 0 Å². The van der Waals surface area contributed by atoms with E-state index in [0.29, 0.717) is 34.9 Å². The molecule has 4 heterocycles. The van der Waals surface area contributed by atoms with Crippen LogP contribution in [0.15, 0.2) is 95.0 Å². The number of hydrogen-bond donors (Lipinski definition) is 0. The van der Waals surface area contributed by atoms with Gasteiger partial charge in [-0.3, -0.25) is 14.6 Å². The molecule has 0 spiro atoms. The van der Waals surface area contributed by atoms with Crippen LogP contribution in [0, 0.1) is 0 Å². The lowest BCUT2D eigenvalue weighted by Crippen LogP contribution is -2.23. The number of pyridine rings is 4. The van der Waals surface area contributed by atoms with Gasteiger partial charge in [-0.15, -0.1) is 0 Å². The molecule has 152 valence electrons. The Hall–Kier alpha value is -4.06. The minimum atomic E-state index is -0.171. The van der Waals surface area contributed by atoms with Crippen molar-refractivity contribution < 1.29 is 0 Å². The van der Waals surface area contributed by atoms with Gasteiger partial charge in [-0.2, -0.15) is 0 Å². The Balaban J connectivity index is 1.55. The number of fused-ring (bicyclic) bond motifs is 2. The molecule has 0 aliphatic rings. The summed E-state index contributed by atoms with van der Waals surface area (Å²) in [5.74, 6) is 0. The fraction of sp³-hybridized carbons (Fsp3) is 0.120. The van der Waals surface area contributed by atoms with Gasteiger partial charge in [0.2, 0.25) is 0 Å². The van der Waals surface area contributed by atoms with E-state index in [9.17, 15) is 9.59 Å². The minimum Gasteiger partial charge on any atom is -0.315 e. The molecule has 1 aromatic carbocycles. The van der Waals surface area contributed by atoms with Gasteiger partial charge in [0.1, 0.15) is 0 Å². The molecule has 4 aromatic heterocycles. The predicted molar refractivity (Wildman–Crippen MR) is 121 cm³/mol. The Bertz CT molecular complexity index is 1490. The first-order valence-electron chi connectivity index (χ1n) is 10.2.